The lowest BCUT2D eigenvalue weighted by Crippen LogP contribution is -2.55. The first-order valence-electron chi connectivity index (χ1n) is 8.10. The highest BCUT2D eigenvalue weighted by Gasteiger charge is 2.41. The van der Waals surface area contributed by atoms with Gasteiger partial charge in [0.1, 0.15) is 4.90 Å². The molecule has 1 amide bonds. The number of carbonyl (C=O) groups is 1. The molecule has 0 aliphatic carbocycles. The van der Waals surface area contributed by atoms with Gasteiger partial charge < -0.3 is 4.90 Å². The topological polar surface area (TPSA) is 57.7 Å². The molecule has 1 atom stereocenters. The molecule has 0 radical (unpaired) electrons. The van der Waals surface area contributed by atoms with Crippen LogP contribution < -0.4 is 0 Å². The van der Waals surface area contributed by atoms with E-state index in [0.29, 0.717) is 6.54 Å². The first-order chi connectivity index (χ1) is 12.0. The summed E-state index contributed by atoms with van der Waals surface area (Å²) in [4.78, 5) is 14.4. The van der Waals surface area contributed by atoms with Crippen LogP contribution in [-0.2, 0) is 21.2 Å². The van der Waals surface area contributed by atoms with Gasteiger partial charge in [-0.05, 0) is 29.7 Å². The van der Waals surface area contributed by atoms with Crippen LogP contribution in [0.15, 0.2) is 53.4 Å². The molecule has 2 aliphatic heterocycles. The molecule has 0 N–H and O–H groups in total. The molecule has 4 rings (SSSR count). The van der Waals surface area contributed by atoms with Crippen molar-refractivity contribution in [1.29, 1.82) is 0 Å². The van der Waals surface area contributed by atoms with Crippen LogP contribution in [0.3, 0.4) is 0 Å². The molecule has 0 unspecified atom stereocenters. The molecule has 0 saturated carbocycles. The van der Waals surface area contributed by atoms with Crippen molar-refractivity contribution in [3.05, 3.63) is 64.7 Å². The second kappa shape index (κ2) is 6.12. The van der Waals surface area contributed by atoms with Gasteiger partial charge in [0.05, 0.1) is 17.6 Å². The molecule has 0 aromatic heterocycles. The standard InChI is InChI=1S/C18H17ClN2O3S/c19-15-7-3-4-8-17(15)25(23,24)20-11-16-14-6-2-1-5-13(14)9-10-21(16)18(22)12-20/h1-8,16H,9-12H2/t16-/m1/s1. The summed E-state index contributed by atoms with van der Waals surface area (Å²) in [7, 11) is -3.82. The van der Waals surface area contributed by atoms with Crippen molar-refractivity contribution in [2.45, 2.75) is 17.4 Å². The number of benzene rings is 2. The van der Waals surface area contributed by atoms with Gasteiger partial charge in [-0.25, -0.2) is 8.42 Å². The number of sulfonamides is 1. The second-order valence-electron chi connectivity index (χ2n) is 6.28. The predicted octanol–water partition coefficient (Wildman–Crippen LogP) is 2.47. The van der Waals surface area contributed by atoms with Crippen molar-refractivity contribution in [2.24, 2.45) is 0 Å². The molecule has 0 bridgehead atoms. The first kappa shape index (κ1) is 16.6. The van der Waals surface area contributed by atoms with Crippen molar-refractivity contribution in [2.75, 3.05) is 19.6 Å². The zero-order valence-electron chi connectivity index (χ0n) is 13.4. The van der Waals surface area contributed by atoms with E-state index >= 15 is 0 Å². The van der Waals surface area contributed by atoms with Gasteiger partial charge in [0, 0.05) is 13.1 Å². The number of hydrogen-bond donors (Lipinski definition) is 0. The van der Waals surface area contributed by atoms with Crippen LogP contribution in [0.1, 0.15) is 17.2 Å². The lowest BCUT2D eigenvalue weighted by atomic mass is 9.91. The van der Waals surface area contributed by atoms with Crippen molar-refractivity contribution < 1.29 is 13.2 Å². The zero-order chi connectivity index (χ0) is 17.6. The lowest BCUT2D eigenvalue weighted by molar-refractivity contribution is -0.138. The number of halogens is 1. The van der Waals surface area contributed by atoms with E-state index < -0.39 is 10.0 Å². The van der Waals surface area contributed by atoms with E-state index in [1.165, 1.54) is 15.9 Å². The highest BCUT2D eigenvalue weighted by Crippen LogP contribution is 2.35. The monoisotopic (exact) mass is 376 g/mol. The molecule has 5 nitrogen and oxygen atoms in total. The number of fused-ring (bicyclic) bond motifs is 3. The fourth-order valence-electron chi connectivity index (χ4n) is 3.62. The molecule has 0 spiro atoms. The van der Waals surface area contributed by atoms with E-state index in [4.69, 9.17) is 11.6 Å². The summed E-state index contributed by atoms with van der Waals surface area (Å²) in [5.41, 5.74) is 2.20. The number of rotatable bonds is 2. The van der Waals surface area contributed by atoms with Gasteiger partial charge in [0.25, 0.3) is 0 Å². The molecular formula is C18H17ClN2O3S. The van der Waals surface area contributed by atoms with E-state index in [9.17, 15) is 13.2 Å². The van der Waals surface area contributed by atoms with E-state index in [0.717, 1.165) is 12.0 Å². The van der Waals surface area contributed by atoms with E-state index in [1.54, 1.807) is 23.1 Å². The Bertz CT molecular complexity index is 945. The lowest BCUT2D eigenvalue weighted by Gasteiger charge is -2.44. The Labute approximate surface area is 151 Å². The minimum Gasteiger partial charge on any atom is -0.333 e. The minimum atomic E-state index is -3.82. The van der Waals surface area contributed by atoms with Crippen LogP contribution in [0, 0.1) is 0 Å². The number of piperazine rings is 1. The van der Waals surface area contributed by atoms with E-state index in [1.807, 2.05) is 24.3 Å². The van der Waals surface area contributed by atoms with Crippen LogP contribution >= 0.6 is 11.6 Å². The van der Waals surface area contributed by atoms with Crippen molar-refractivity contribution in [3.63, 3.8) is 0 Å². The maximum atomic E-state index is 13.0. The van der Waals surface area contributed by atoms with Crippen LogP contribution in [0.2, 0.25) is 5.02 Å². The summed E-state index contributed by atoms with van der Waals surface area (Å²) >= 11 is 6.08. The Morgan fingerprint density at radius 1 is 1.04 bits per heavy atom. The van der Waals surface area contributed by atoms with Crippen molar-refractivity contribution in [3.8, 4) is 0 Å². The Balaban J connectivity index is 1.73. The number of hydrogen-bond acceptors (Lipinski definition) is 3. The maximum Gasteiger partial charge on any atom is 0.245 e. The zero-order valence-corrected chi connectivity index (χ0v) is 15.0. The fraction of sp³-hybridized carbons (Fsp3) is 0.278. The van der Waals surface area contributed by atoms with Gasteiger partial charge in [-0.15, -0.1) is 0 Å². The summed E-state index contributed by atoms with van der Waals surface area (Å²) in [5.74, 6) is -0.165. The smallest absolute Gasteiger partial charge is 0.245 e. The maximum absolute atomic E-state index is 13.0. The second-order valence-corrected chi connectivity index (χ2v) is 8.59. The summed E-state index contributed by atoms with van der Waals surface area (Å²) in [6, 6.07) is 14.0. The SMILES string of the molecule is O=C1CN(S(=O)(=O)c2ccccc2Cl)C[C@@H]2c3ccccc3CCN12. The fourth-order valence-corrected chi connectivity index (χ4v) is 5.51. The predicted molar refractivity (Wildman–Crippen MR) is 94.8 cm³/mol. The van der Waals surface area contributed by atoms with Crippen molar-refractivity contribution in [1.82, 2.24) is 9.21 Å². The van der Waals surface area contributed by atoms with E-state index in [-0.39, 0.29) is 35.0 Å². The van der Waals surface area contributed by atoms with Gasteiger partial charge in [-0.3, -0.25) is 4.79 Å². The average molecular weight is 377 g/mol. The number of carbonyl (C=O) groups excluding carboxylic acids is 1. The highest BCUT2D eigenvalue weighted by atomic mass is 35.5. The molecule has 25 heavy (non-hydrogen) atoms. The number of amides is 1. The molecular weight excluding hydrogens is 360 g/mol. The van der Waals surface area contributed by atoms with E-state index in [2.05, 4.69) is 0 Å². The quantitative estimate of drug-likeness (QED) is 0.809. The minimum absolute atomic E-state index is 0.0435. The van der Waals surface area contributed by atoms with Crippen LogP contribution in [-0.4, -0.2) is 43.2 Å². The van der Waals surface area contributed by atoms with Gasteiger partial charge in [0.2, 0.25) is 15.9 Å². The molecule has 2 aromatic rings. The van der Waals surface area contributed by atoms with Crippen molar-refractivity contribution >= 4 is 27.5 Å². The van der Waals surface area contributed by atoms with Crippen LogP contribution in [0.25, 0.3) is 0 Å². The Kier molecular flexibility index (Phi) is 4.06. The van der Waals surface area contributed by atoms with Gasteiger partial charge >= 0.3 is 0 Å². The molecule has 2 aromatic carbocycles. The Hall–Kier alpha value is -1.89. The highest BCUT2D eigenvalue weighted by molar-refractivity contribution is 7.89. The molecule has 130 valence electrons. The van der Waals surface area contributed by atoms with Gasteiger partial charge in [0.15, 0.2) is 0 Å². The summed E-state index contributed by atoms with van der Waals surface area (Å²) in [6.45, 7) is 0.725. The van der Waals surface area contributed by atoms with Crippen LogP contribution in [0.4, 0.5) is 0 Å². The Morgan fingerprint density at radius 3 is 2.56 bits per heavy atom. The molecule has 2 aliphatic rings. The number of nitrogens with zero attached hydrogens (tertiary/aromatic N) is 2. The summed E-state index contributed by atoms with van der Waals surface area (Å²) < 4.78 is 27.3. The third-order valence-corrected chi connectivity index (χ3v) is 7.19. The third kappa shape index (κ3) is 2.74. The summed E-state index contributed by atoms with van der Waals surface area (Å²) in [6.07, 6.45) is 0.801. The molecule has 1 saturated heterocycles. The van der Waals surface area contributed by atoms with Gasteiger partial charge in [-0.2, -0.15) is 4.31 Å². The summed E-state index contributed by atoms with van der Waals surface area (Å²) in [5, 5.41) is 0.168. The van der Waals surface area contributed by atoms with Gasteiger partial charge in [-0.1, -0.05) is 48.0 Å². The molecule has 1 fully saturated rings. The van der Waals surface area contributed by atoms with Crippen LogP contribution in [0.5, 0.6) is 0 Å². The molecule has 2 heterocycles. The third-order valence-electron chi connectivity index (χ3n) is 4.88. The average Bonchev–Trinajstić information content (AvgIpc) is 2.61. The Morgan fingerprint density at radius 2 is 1.76 bits per heavy atom. The first-order valence-corrected chi connectivity index (χ1v) is 9.92. The normalized spacial score (nSPS) is 20.9. The molecule has 7 heteroatoms. The largest absolute Gasteiger partial charge is 0.333 e.